The average Bonchev–Trinajstić information content (AvgIpc) is 2.71. The van der Waals surface area contributed by atoms with Gasteiger partial charge in [-0.15, -0.1) is 0 Å². The van der Waals surface area contributed by atoms with Gasteiger partial charge in [0.15, 0.2) is 0 Å². The lowest BCUT2D eigenvalue weighted by atomic mass is 9.98. The molecule has 10 nitrogen and oxygen atoms in total. The number of nitrogens with two attached hydrogens (primary N) is 1. The van der Waals surface area contributed by atoms with Crippen molar-refractivity contribution < 1.29 is 17.9 Å². The summed E-state index contributed by atoms with van der Waals surface area (Å²) in [5.41, 5.74) is 0.124. The zero-order valence-corrected chi connectivity index (χ0v) is 19.4. The van der Waals surface area contributed by atoms with Crippen molar-refractivity contribution in [3.05, 3.63) is 36.5 Å². The molecular weight excluding hydrogens is 432 g/mol. The molecular formula is C21H30N6O4S. The van der Waals surface area contributed by atoms with Crippen LogP contribution in [0.3, 0.4) is 0 Å². The minimum Gasteiger partial charge on any atom is -0.444 e. The second-order valence-corrected chi connectivity index (χ2v) is 10.3. The molecule has 3 rings (SSSR count). The number of nitrogens with zero attached hydrogens (tertiary/aromatic N) is 3. The third-order valence-corrected chi connectivity index (χ3v) is 5.79. The highest BCUT2D eigenvalue weighted by atomic mass is 32.2. The van der Waals surface area contributed by atoms with Crippen LogP contribution < -0.4 is 20.7 Å². The summed E-state index contributed by atoms with van der Waals surface area (Å²) in [5, 5.41) is 11.1. The summed E-state index contributed by atoms with van der Waals surface area (Å²) < 4.78 is 28.1. The summed E-state index contributed by atoms with van der Waals surface area (Å²) in [6, 6.07) is 7.91. The van der Waals surface area contributed by atoms with E-state index in [-0.39, 0.29) is 10.8 Å². The monoisotopic (exact) mass is 462 g/mol. The molecule has 1 unspecified atom stereocenters. The number of benzene rings is 1. The van der Waals surface area contributed by atoms with Crippen LogP contribution in [-0.2, 0) is 14.8 Å². The van der Waals surface area contributed by atoms with E-state index in [2.05, 4.69) is 25.5 Å². The van der Waals surface area contributed by atoms with Crippen LogP contribution in [0.1, 0.15) is 33.6 Å². The highest BCUT2D eigenvalue weighted by Gasteiger charge is 2.23. The minimum absolute atomic E-state index is 0.0390. The number of hydrogen-bond donors (Lipinski definition) is 3. The average molecular weight is 463 g/mol. The number of primary sulfonamides is 1. The molecule has 1 aliphatic heterocycles. The van der Waals surface area contributed by atoms with Gasteiger partial charge < -0.3 is 20.3 Å². The third-order valence-electron chi connectivity index (χ3n) is 4.86. The Morgan fingerprint density at radius 1 is 1.25 bits per heavy atom. The van der Waals surface area contributed by atoms with E-state index in [0.717, 1.165) is 31.7 Å². The van der Waals surface area contributed by atoms with Gasteiger partial charge in [0.1, 0.15) is 11.4 Å². The number of aromatic nitrogens is 2. The molecule has 2 heterocycles. The Balaban J connectivity index is 1.60. The predicted molar refractivity (Wildman–Crippen MR) is 122 cm³/mol. The van der Waals surface area contributed by atoms with Gasteiger partial charge in [-0.05, 0) is 69.9 Å². The summed E-state index contributed by atoms with van der Waals surface area (Å²) in [4.78, 5) is 23.0. The number of hydrogen-bond acceptors (Lipinski definition) is 8. The maximum Gasteiger partial charge on any atom is 0.407 e. The molecule has 174 valence electrons. The number of anilines is 3. The standard InChI is InChI=1S/C21H30N6O4S/c1-21(2,3)31-20(28)24-13-15-5-4-12-27(14-15)18-10-11-23-19(26-18)25-16-6-8-17(9-7-16)32(22,29)30/h6-11,15H,4-5,12-14H2,1-3H3,(H,24,28)(H2,22,29,30)(H,23,25,26). The molecule has 0 spiro atoms. The highest BCUT2D eigenvalue weighted by Crippen LogP contribution is 2.23. The van der Waals surface area contributed by atoms with Crippen LogP contribution in [0, 0.1) is 5.92 Å². The van der Waals surface area contributed by atoms with Gasteiger partial charge in [0.2, 0.25) is 16.0 Å². The van der Waals surface area contributed by atoms with E-state index in [4.69, 9.17) is 9.88 Å². The predicted octanol–water partition coefficient (Wildman–Crippen LogP) is 2.61. The second kappa shape index (κ2) is 9.70. The molecule has 0 bridgehead atoms. The Kier molecular flexibility index (Phi) is 7.19. The SMILES string of the molecule is CC(C)(C)OC(=O)NCC1CCCN(c2ccnc(Nc3ccc(S(N)(=O)=O)cc3)n2)C1. The van der Waals surface area contributed by atoms with Crippen LogP contribution in [0.15, 0.2) is 41.4 Å². The fourth-order valence-corrected chi connectivity index (χ4v) is 3.94. The molecule has 1 aliphatic rings. The first-order valence-electron chi connectivity index (χ1n) is 10.4. The second-order valence-electron chi connectivity index (χ2n) is 8.77. The summed E-state index contributed by atoms with van der Waals surface area (Å²) >= 11 is 0. The minimum atomic E-state index is -3.74. The maximum atomic E-state index is 11.9. The van der Waals surface area contributed by atoms with Crippen molar-refractivity contribution in [2.24, 2.45) is 11.1 Å². The van der Waals surface area contributed by atoms with E-state index in [1.165, 1.54) is 12.1 Å². The van der Waals surface area contributed by atoms with Crippen LogP contribution in [0.2, 0.25) is 0 Å². The molecule has 1 saturated heterocycles. The number of alkyl carbamates (subject to hydrolysis) is 1. The number of amides is 1. The topological polar surface area (TPSA) is 140 Å². The van der Waals surface area contributed by atoms with Crippen molar-refractivity contribution in [1.82, 2.24) is 15.3 Å². The van der Waals surface area contributed by atoms with E-state index in [9.17, 15) is 13.2 Å². The molecule has 32 heavy (non-hydrogen) atoms. The van der Waals surface area contributed by atoms with Crippen LogP contribution in [0.4, 0.5) is 22.2 Å². The molecule has 1 aromatic heterocycles. The third kappa shape index (κ3) is 7.06. The van der Waals surface area contributed by atoms with E-state index in [1.54, 1.807) is 18.3 Å². The van der Waals surface area contributed by atoms with Gasteiger partial charge in [0.25, 0.3) is 0 Å². The van der Waals surface area contributed by atoms with Gasteiger partial charge >= 0.3 is 6.09 Å². The lowest BCUT2D eigenvalue weighted by Gasteiger charge is -2.33. The fourth-order valence-electron chi connectivity index (χ4n) is 3.42. The summed E-state index contributed by atoms with van der Waals surface area (Å²) in [7, 11) is -3.74. The largest absolute Gasteiger partial charge is 0.444 e. The van der Waals surface area contributed by atoms with Gasteiger partial charge in [-0.2, -0.15) is 4.98 Å². The van der Waals surface area contributed by atoms with Crippen LogP contribution >= 0.6 is 0 Å². The van der Waals surface area contributed by atoms with Crippen molar-refractivity contribution in [3.8, 4) is 0 Å². The van der Waals surface area contributed by atoms with Crippen molar-refractivity contribution >= 4 is 33.6 Å². The zero-order chi connectivity index (χ0) is 23.4. The number of nitrogens with one attached hydrogen (secondary N) is 2. The Morgan fingerprint density at radius 2 is 1.97 bits per heavy atom. The molecule has 1 aromatic carbocycles. The van der Waals surface area contributed by atoms with Crippen molar-refractivity contribution in [1.29, 1.82) is 0 Å². The van der Waals surface area contributed by atoms with E-state index < -0.39 is 21.7 Å². The number of rotatable bonds is 6. The van der Waals surface area contributed by atoms with Gasteiger partial charge in [-0.3, -0.25) is 0 Å². The molecule has 0 aliphatic carbocycles. The number of sulfonamides is 1. The van der Waals surface area contributed by atoms with Gasteiger partial charge in [0.05, 0.1) is 4.90 Å². The smallest absolute Gasteiger partial charge is 0.407 e. The Hall–Kier alpha value is -2.92. The van der Waals surface area contributed by atoms with E-state index in [0.29, 0.717) is 18.2 Å². The molecule has 11 heteroatoms. The zero-order valence-electron chi connectivity index (χ0n) is 18.5. The first-order valence-corrected chi connectivity index (χ1v) is 12.0. The molecule has 1 atom stereocenters. The molecule has 1 amide bonds. The van der Waals surface area contributed by atoms with Gasteiger partial charge in [0, 0.05) is 31.5 Å². The lowest BCUT2D eigenvalue weighted by Crippen LogP contribution is -2.42. The van der Waals surface area contributed by atoms with Gasteiger partial charge in [-0.1, -0.05) is 0 Å². The molecule has 0 saturated carbocycles. The molecule has 0 radical (unpaired) electrons. The number of carbonyl (C=O) groups excluding carboxylic acids is 1. The number of piperidine rings is 1. The van der Waals surface area contributed by atoms with Crippen LogP contribution in [0.5, 0.6) is 0 Å². The van der Waals surface area contributed by atoms with Crippen LogP contribution in [-0.4, -0.2) is 49.7 Å². The summed E-state index contributed by atoms with van der Waals surface area (Å²) in [5.74, 6) is 1.47. The van der Waals surface area contributed by atoms with Crippen molar-refractivity contribution in [3.63, 3.8) is 0 Å². The normalized spacial score (nSPS) is 17.0. The lowest BCUT2D eigenvalue weighted by molar-refractivity contribution is 0.0517. The maximum absolute atomic E-state index is 11.9. The quantitative estimate of drug-likeness (QED) is 0.595. The van der Waals surface area contributed by atoms with Crippen LogP contribution in [0.25, 0.3) is 0 Å². The van der Waals surface area contributed by atoms with Crippen molar-refractivity contribution in [2.75, 3.05) is 29.9 Å². The van der Waals surface area contributed by atoms with E-state index in [1.807, 2.05) is 26.8 Å². The van der Waals surface area contributed by atoms with E-state index >= 15 is 0 Å². The van der Waals surface area contributed by atoms with Gasteiger partial charge in [-0.25, -0.2) is 23.3 Å². The molecule has 4 N–H and O–H groups in total. The molecule has 1 fully saturated rings. The summed E-state index contributed by atoms with van der Waals surface area (Å²) in [6.45, 7) is 7.67. The fraction of sp³-hybridized carbons (Fsp3) is 0.476. The Morgan fingerprint density at radius 3 is 2.62 bits per heavy atom. The first kappa shape index (κ1) is 23.7. The first-order chi connectivity index (χ1) is 15.0. The summed E-state index contributed by atoms with van der Waals surface area (Å²) in [6.07, 6.45) is 3.27. The van der Waals surface area contributed by atoms with Crippen molar-refractivity contribution in [2.45, 2.75) is 44.1 Å². The Bertz CT molecular complexity index is 1040. The highest BCUT2D eigenvalue weighted by molar-refractivity contribution is 7.89. The number of ether oxygens (including phenoxy) is 1. The number of carbonyl (C=O) groups is 1. The Labute approximate surface area is 188 Å². The molecule has 2 aromatic rings.